The van der Waals surface area contributed by atoms with Crippen molar-refractivity contribution in [3.05, 3.63) is 53.5 Å². The molecule has 1 saturated heterocycles. The van der Waals surface area contributed by atoms with Crippen molar-refractivity contribution in [2.45, 2.75) is 27.2 Å². The van der Waals surface area contributed by atoms with E-state index in [0.29, 0.717) is 38.5 Å². The first-order valence-corrected chi connectivity index (χ1v) is 9.82. The van der Waals surface area contributed by atoms with Gasteiger partial charge >= 0.3 is 0 Å². The number of furan rings is 1. The van der Waals surface area contributed by atoms with Crippen LogP contribution in [0.15, 0.2) is 41.0 Å². The van der Waals surface area contributed by atoms with Crippen LogP contribution in [0.2, 0.25) is 0 Å². The first kappa shape index (κ1) is 20.6. The summed E-state index contributed by atoms with van der Waals surface area (Å²) >= 11 is 0. The molecule has 154 valence electrons. The summed E-state index contributed by atoms with van der Waals surface area (Å²) in [7, 11) is 0. The Balaban J connectivity index is 1.55. The summed E-state index contributed by atoms with van der Waals surface area (Å²) in [4.78, 5) is 42.2. The minimum absolute atomic E-state index is 0.00823. The number of aryl methyl sites for hydroxylation is 2. The molecule has 1 aromatic heterocycles. The lowest BCUT2D eigenvalue weighted by atomic mass is 10.1. The van der Waals surface area contributed by atoms with Gasteiger partial charge in [-0.3, -0.25) is 14.4 Å². The van der Waals surface area contributed by atoms with E-state index in [1.165, 1.54) is 13.2 Å². The number of carbonyl (C=O) groups is 3. The van der Waals surface area contributed by atoms with Gasteiger partial charge in [0.15, 0.2) is 5.76 Å². The zero-order valence-electron chi connectivity index (χ0n) is 17.2. The number of piperazine rings is 1. The molecule has 1 aliphatic rings. The molecule has 0 unspecified atom stereocenters. The molecule has 0 radical (unpaired) electrons. The van der Waals surface area contributed by atoms with Gasteiger partial charge in [0.2, 0.25) is 11.8 Å². The molecule has 7 nitrogen and oxygen atoms in total. The van der Waals surface area contributed by atoms with Crippen LogP contribution >= 0.6 is 0 Å². The van der Waals surface area contributed by atoms with E-state index in [1.807, 2.05) is 32.0 Å². The number of nitrogens with zero attached hydrogens (tertiary/aromatic N) is 3. The van der Waals surface area contributed by atoms with Crippen molar-refractivity contribution in [3.8, 4) is 0 Å². The summed E-state index contributed by atoms with van der Waals surface area (Å²) in [6.07, 6.45) is 1.72. The molecule has 7 heteroatoms. The zero-order valence-corrected chi connectivity index (χ0v) is 17.2. The van der Waals surface area contributed by atoms with E-state index in [2.05, 4.69) is 0 Å². The van der Waals surface area contributed by atoms with E-state index in [0.717, 1.165) is 16.8 Å². The molecule has 0 aliphatic carbocycles. The maximum absolute atomic E-state index is 12.7. The number of amides is 3. The Morgan fingerprint density at radius 2 is 1.72 bits per heavy atom. The molecule has 1 aliphatic heterocycles. The molecule has 0 atom stereocenters. The fourth-order valence-corrected chi connectivity index (χ4v) is 3.64. The van der Waals surface area contributed by atoms with Crippen molar-refractivity contribution in [1.29, 1.82) is 0 Å². The van der Waals surface area contributed by atoms with E-state index in [9.17, 15) is 14.4 Å². The van der Waals surface area contributed by atoms with E-state index in [-0.39, 0.29) is 24.1 Å². The molecule has 0 spiro atoms. The predicted octanol–water partition coefficient (Wildman–Crippen LogP) is 2.62. The molecule has 0 saturated carbocycles. The number of benzene rings is 1. The lowest BCUT2D eigenvalue weighted by Crippen LogP contribution is -2.51. The van der Waals surface area contributed by atoms with Gasteiger partial charge in [0.05, 0.1) is 6.26 Å². The molecule has 3 rings (SSSR count). The van der Waals surface area contributed by atoms with Gasteiger partial charge in [0.1, 0.15) is 0 Å². The molecule has 29 heavy (non-hydrogen) atoms. The minimum atomic E-state index is -0.153. The topological polar surface area (TPSA) is 74.1 Å². The Morgan fingerprint density at radius 3 is 2.31 bits per heavy atom. The lowest BCUT2D eigenvalue weighted by molar-refractivity contribution is -0.132. The van der Waals surface area contributed by atoms with Crippen LogP contribution in [-0.2, 0) is 9.59 Å². The van der Waals surface area contributed by atoms with Gasteiger partial charge in [0.25, 0.3) is 5.91 Å². The van der Waals surface area contributed by atoms with Crippen molar-refractivity contribution in [2.75, 3.05) is 37.6 Å². The summed E-state index contributed by atoms with van der Waals surface area (Å²) in [5.74, 6) is 0.0692. The van der Waals surface area contributed by atoms with Gasteiger partial charge in [-0.15, -0.1) is 0 Å². The summed E-state index contributed by atoms with van der Waals surface area (Å²) < 4.78 is 5.16. The third-order valence-electron chi connectivity index (χ3n) is 5.22. The van der Waals surface area contributed by atoms with Crippen molar-refractivity contribution >= 4 is 23.4 Å². The summed E-state index contributed by atoms with van der Waals surface area (Å²) in [5.41, 5.74) is 2.98. The van der Waals surface area contributed by atoms with Crippen LogP contribution in [0.1, 0.15) is 35.0 Å². The second kappa shape index (κ2) is 8.94. The van der Waals surface area contributed by atoms with Crippen molar-refractivity contribution in [1.82, 2.24) is 9.80 Å². The zero-order chi connectivity index (χ0) is 21.0. The largest absolute Gasteiger partial charge is 0.459 e. The third kappa shape index (κ3) is 4.85. The van der Waals surface area contributed by atoms with Crippen molar-refractivity contribution in [2.24, 2.45) is 0 Å². The smallest absolute Gasteiger partial charge is 0.289 e. The van der Waals surface area contributed by atoms with E-state index < -0.39 is 0 Å². The molecule has 0 N–H and O–H groups in total. The van der Waals surface area contributed by atoms with Crippen molar-refractivity contribution < 1.29 is 18.8 Å². The fourth-order valence-electron chi connectivity index (χ4n) is 3.64. The summed E-state index contributed by atoms with van der Waals surface area (Å²) in [6, 6.07) is 9.25. The highest BCUT2D eigenvalue weighted by molar-refractivity contribution is 5.93. The van der Waals surface area contributed by atoms with Crippen LogP contribution in [-0.4, -0.2) is 60.2 Å². The molecule has 2 heterocycles. The average Bonchev–Trinajstić information content (AvgIpc) is 3.23. The van der Waals surface area contributed by atoms with Crippen LogP contribution in [0.5, 0.6) is 0 Å². The Bertz CT molecular complexity index is 883. The van der Waals surface area contributed by atoms with Crippen LogP contribution in [0.3, 0.4) is 0 Å². The second-order valence-electron chi connectivity index (χ2n) is 7.36. The van der Waals surface area contributed by atoms with Crippen LogP contribution in [0.4, 0.5) is 5.69 Å². The van der Waals surface area contributed by atoms with Crippen LogP contribution < -0.4 is 4.90 Å². The van der Waals surface area contributed by atoms with Gasteiger partial charge in [-0.2, -0.15) is 0 Å². The molecule has 3 amide bonds. The highest BCUT2D eigenvalue weighted by Gasteiger charge is 2.26. The highest BCUT2D eigenvalue weighted by Crippen LogP contribution is 2.22. The SMILES string of the molecule is CC(=O)N(CCC(=O)N1CCN(C(=O)c2ccco2)CC1)c1ccc(C)cc1C. The third-order valence-corrected chi connectivity index (χ3v) is 5.22. The Kier molecular flexibility index (Phi) is 6.36. The molecular weight excluding hydrogens is 370 g/mol. The van der Waals surface area contributed by atoms with Gasteiger partial charge in [0, 0.05) is 51.8 Å². The standard InChI is InChI=1S/C22H27N3O4/c1-16-6-7-19(17(2)15-16)25(18(3)26)9-8-21(27)23-10-12-24(13-11-23)22(28)20-5-4-14-29-20/h4-7,14-15H,8-13H2,1-3H3. The Labute approximate surface area is 170 Å². The van der Waals surface area contributed by atoms with Gasteiger partial charge in [-0.05, 0) is 37.6 Å². The maximum atomic E-state index is 12.7. The number of hydrogen-bond donors (Lipinski definition) is 0. The first-order valence-electron chi connectivity index (χ1n) is 9.82. The Morgan fingerprint density at radius 1 is 1.03 bits per heavy atom. The second-order valence-corrected chi connectivity index (χ2v) is 7.36. The van der Waals surface area contributed by atoms with E-state index in [1.54, 1.807) is 26.8 Å². The number of hydrogen-bond acceptors (Lipinski definition) is 4. The summed E-state index contributed by atoms with van der Waals surface area (Å²) in [6.45, 7) is 7.73. The van der Waals surface area contributed by atoms with Gasteiger partial charge < -0.3 is 19.1 Å². The molecule has 1 aromatic carbocycles. The molecule has 2 aromatic rings. The number of carbonyl (C=O) groups excluding carboxylic acids is 3. The average molecular weight is 397 g/mol. The lowest BCUT2D eigenvalue weighted by Gasteiger charge is -2.34. The number of anilines is 1. The van der Waals surface area contributed by atoms with Crippen molar-refractivity contribution in [3.63, 3.8) is 0 Å². The molecule has 1 fully saturated rings. The van der Waals surface area contributed by atoms with Gasteiger partial charge in [-0.1, -0.05) is 17.7 Å². The quantitative estimate of drug-likeness (QED) is 0.777. The molecular formula is C22H27N3O4. The maximum Gasteiger partial charge on any atom is 0.289 e. The molecule has 0 bridgehead atoms. The van der Waals surface area contributed by atoms with Crippen LogP contribution in [0.25, 0.3) is 0 Å². The first-order chi connectivity index (χ1) is 13.9. The predicted molar refractivity (Wildman–Crippen MR) is 110 cm³/mol. The normalized spacial score (nSPS) is 14.0. The van der Waals surface area contributed by atoms with Crippen LogP contribution in [0, 0.1) is 13.8 Å². The van der Waals surface area contributed by atoms with Gasteiger partial charge in [-0.25, -0.2) is 0 Å². The minimum Gasteiger partial charge on any atom is -0.459 e. The summed E-state index contributed by atoms with van der Waals surface area (Å²) in [5, 5.41) is 0. The monoisotopic (exact) mass is 397 g/mol. The fraction of sp³-hybridized carbons (Fsp3) is 0.409. The highest BCUT2D eigenvalue weighted by atomic mass is 16.3. The van der Waals surface area contributed by atoms with E-state index >= 15 is 0 Å². The Hall–Kier alpha value is -3.09. The van der Waals surface area contributed by atoms with E-state index in [4.69, 9.17) is 4.42 Å². The number of rotatable bonds is 5.